The van der Waals surface area contributed by atoms with Gasteiger partial charge in [0.15, 0.2) is 0 Å². The van der Waals surface area contributed by atoms with E-state index >= 15 is 0 Å². The van der Waals surface area contributed by atoms with Crippen LogP contribution in [0.1, 0.15) is 63.1 Å². The second-order valence-corrected chi connectivity index (χ2v) is 7.96. The van der Waals surface area contributed by atoms with Crippen molar-refractivity contribution in [3.63, 3.8) is 0 Å². The van der Waals surface area contributed by atoms with Gasteiger partial charge in [-0.05, 0) is 51.0 Å². The lowest BCUT2D eigenvalue weighted by Crippen LogP contribution is -2.50. The smallest absolute Gasteiger partial charge is 0.325 e. The average molecular weight is 371 g/mol. The molecule has 3 rings (SSSR count). The highest BCUT2D eigenvalue weighted by Crippen LogP contribution is 2.37. The molecule has 1 saturated heterocycles. The van der Waals surface area contributed by atoms with Gasteiger partial charge in [0.1, 0.15) is 12.1 Å². The minimum Gasteiger partial charge on any atom is -0.348 e. The SMILES string of the molecule is CCC1CCC2(CC1)NC(=O)N(CC(=O)NC(C)c1ccc(C)cc1)C2=O. The molecule has 2 fully saturated rings. The molecule has 1 spiro atoms. The third-order valence-corrected chi connectivity index (χ3v) is 6.04. The first-order chi connectivity index (χ1) is 12.8. The van der Waals surface area contributed by atoms with Crippen LogP contribution >= 0.6 is 0 Å². The van der Waals surface area contributed by atoms with Crippen LogP contribution < -0.4 is 10.6 Å². The molecule has 6 nitrogen and oxygen atoms in total. The van der Waals surface area contributed by atoms with E-state index in [0.29, 0.717) is 18.8 Å². The Morgan fingerprint density at radius 1 is 1.26 bits per heavy atom. The van der Waals surface area contributed by atoms with Gasteiger partial charge in [-0.2, -0.15) is 0 Å². The Bertz CT molecular complexity index is 721. The number of nitrogens with zero attached hydrogens (tertiary/aromatic N) is 1. The molecule has 2 aliphatic rings. The summed E-state index contributed by atoms with van der Waals surface area (Å²) in [6.07, 6.45) is 4.29. The number of amides is 4. The number of benzene rings is 1. The molecule has 1 aliphatic carbocycles. The molecular weight excluding hydrogens is 342 g/mol. The van der Waals surface area contributed by atoms with E-state index in [2.05, 4.69) is 17.6 Å². The molecule has 4 amide bonds. The topological polar surface area (TPSA) is 78.5 Å². The standard InChI is InChI=1S/C21H29N3O3/c1-4-16-9-11-21(12-10-16)19(26)24(20(27)23-21)13-18(25)22-15(3)17-7-5-14(2)6-8-17/h5-8,15-16H,4,9-13H2,1-3H3,(H,22,25)(H,23,27). The number of urea groups is 1. The molecule has 27 heavy (non-hydrogen) atoms. The second kappa shape index (κ2) is 7.71. The summed E-state index contributed by atoms with van der Waals surface area (Å²) in [6.45, 7) is 5.82. The molecule has 1 aromatic carbocycles. The Balaban J connectivity index is 1.60. The van der Waals surface area contributed by atoms with Gasteiger partial charge in [0, 0.05) is 0 Å². The monoisotopic (exact) mass is 371 g/mol. The molecule has 1 atom stereocenters. The number of aryl methyl sites for hydroxylation is 1. The van der Waals surface area contributed by atoms with Crippen LogP contribution in [0.25, 0.3) is 0 Å². The van der Waals surface area contributed by atoms with Gasteiger partial charge < -0.3 is 10.6 Å². The highest BCUT2D eigenvalue weighted by atomic mass is 16.2. The third kappa shape index (κ3) is 3.99. The maximum Gasteiger partial charge on any atom is 0.325 e. The number of rotatable bonds is 5. The molecule has 1 saturated carbocycles. The number of hydrogen-bond acceptors (Lipinski definition) is 3. The van der Waals surface area contributed by atoms with E-state index < -0.39 is 11.6 Å². The Hall–Kier alpha value is -2.37. The van der Waals surface area contributed by atoms with E-state index in [-0.39, 0.29) is 24.4 Å². The van der Waals surface area contributed by atoms with E-state index in [1.807, 2.05) is 38.1 Å². The maximum atomic E-state index is 12.9. The van der Waals surface area contributed by atoms with Gasteiger partial charge in [0.2, 0.25) is 5.91 Å². The Kier molecular flexibility index (Phi) is 5.53. The van der Waals surface area contributed by atoms with Crippen molar-refractivity contribution in [3.05, 3.63) is 35.4 Å². The molecule has 6 heteroatoms. The van der Waals surface area contributed by atoms with Crippen molar-refractivity contribution in [2.75, 3.05) is 6.54 Å². The van der Waals surface area contributed by atoms with Crippen LogP contribution in [-0.2, 0) is 9.59 Å². The molecule has 146 valence electrons. The van der Waals surface area contributed by atoms with Crippen molar-refractivity contribution in [2.45, 2.75) is 64.5 Å². The summed E-state index contributed by atoms with van der Waals surface area (Å²) in [5.41, 5.74) is 1.34. The molecule has 0 bridgehead atoms. The molecule has 0 radical (unpaired) electrons. The largest absolute Gasteiger partial charge is 0.348 e. The van der Waals surface area contributed by atoms with Crippen molar-refractivity contribution in [3.8, 4) is 0 Å². The van der Waals surface area contributed by atoms with E-state index in [1.54, 1.807) is 0 Å². The number of carbonyl (C=O) groups is 3. The van der Waals surface area contributed by atoms with Gasteiger partial charge in [-0.15, -0.1) is 0 Å². The molecule has 0 aromatic heterocycles. The number of carbonyl (C=O) groups excluding carboxylic acids is 3. The summed E-state index contributed by atoms with van der Waals surface area (Å²) in [5, 5.41) is 5.75. The first-order valence-electron chi connectivity index (χ1n) is 9.84. The quantitative estimate of drug-likeness (QED) is 0.781. The number of hydrogen-bond donors (Lipinski definition) is 2. The van der Waals surface area contributed by atoms with Gasteiger partial charge in [-0.25, -0.2) is 4.79 Å². The fraction of sp³-hybridized carbons (Fsp3) is 0.571. The van der Waals surface area contributed by atoms with Crippen molar-refractivity contribution in [1.82, 2.24) is 15.5 Å². The molecule has 1 aromatic rings. The number of nitrogens with one attached hydrogen (secondary N) is 2. The zero-order valence-electron chi connectivity index (χ0n) is 16.4. The van der Waals surface area contributed by atoms with Crippen LogP contribution in [0.2, 0.25) is 0 Å². The third-order valence-electron chi connectivity index (χ3n) is 6.04. The van der Waals surface area contributed by atoms with Crippen LogP contribution in [0.4, 0.5) is 4.79 Å². The first kappa shape index (κ1) is 19.4. The number of imide groups is 1. The van der Waals surface area contributed by atoms with Crippen molar-refractivity contribution < 1.29 is 14.4 Å². The molecule has 1 aliphatic heterocycles. The van der Waals surface area contributed by atoms with Crippen molar-refractivity contribution >= 4 is 17.8 Å². The van der Waals surface area contributed by atoms with Crippen molar-refractivity contribution in [2.24, 2.45) is 5.92 Å². The summed E-state index contributed by atoms with van der Waals surface area (Å²) < 4.78 is 0. The van der Waals surface area contributed by atoms with E-state index in [0.717, 1.165) is 35.3 Å². The van der Waals surface area contributed by atoms with Gasteiger partial charge in [0.05, 0.1) is 6.04 Å². The highest BCUT2D eigenvalue weighted by molar-refractivity contribution is 6.09. The lowest BCUT2D eigenvalue weighted by atomic mass is 9.75. The molecule has 1 unspecified atom stereocenters. The Morgan fingerprint density at radius 3 is 2.48 bits per heavy atom. The average Bonchev–Trinajstić information content (AvgIpc) is 2.87. The maximum absolute atomic E-state index is 12.9. The van der Waals surface area contributed by atoms with Crippen LogP contribution in [0.3, 0.4) is 0 Å². The van der Waals surface area contributed by atoms with Gasteiger partial charge in [-0.1, -0.05) is 43.2 Å². The summed E-state index contributed by atoms with van der Waals surface area (Å²) in [7, 11) is 0. The summed E-state index contributed by atoms with van der Waals surface area (Å²) in [4.78, 5) is 38.7. The second-order valence-electron chi connectivity index (χ2n) is 7.96. The Labute approximate surface area is 160 Å². The minimum absolute atomic E-state index is 0.187. The summed E-state index contributed by atoms with van der Waals surface area (Å²) >= 11 is 0. The Morgan fingerprint density at radius 2 is 1.89 bits per heavy atom. The normalized spacial score (nSPS) is 26.2. The van der Waals surface area contributed by atoms with Crippen LogP contribution in [0.15, 0.2) is 24.3 Å². The van der Waals surface area contributed by atoms with Crippen LogP contribution in [0, 0.1) is 12.8 Å². The fourth-order valence-electron chi connectivity index (χ4n) is 4.11. The fourth-order valence-corrected chi connectivity index (χ4v) is 4.11. The summed E-state index contributed by atoms with van der Waals surface area (Å²) in [6, 6.07) is 7.28. The van der Waals surface area contributed by atoms with Gasteiger partial charge in [0.25, 0.3) is 5.91 Å². The van der Waals surface area contributed by atoms with Gasteiger partial charge in [-0.3, -0.25) is 14.5 Å². The van der Waals surface area contributed by atoms with Gasteiger partial charge >= 0.3 is 6.03 Å². The zero-order valence-corrected chi connectivity index (χ0v) is 16.4. The highest BCUT2D eigenvalue weighted by Gasteiger charge is 2.52. The van der Waals surface area contributed by atoms with Crippen molar-refractivity contribution in [1.29, 1.82) is 0 Å². The lowest BCUT2D eigenvalue weighted by Gasteiger charge is -2.34. The molecule has 2 N–H and O–H groups in total. The van der Waals surface area contributed by atoms with E-state index in [1.165, 1.54) is 0 Å². The minimum atomic E-state index is -0.800. The predicted octanol–water partition coefficient (Wildman–Crippen LogP) is 3.06. The first-order valence-corrected chi connectivity index (χ1v) is 9.84. The van der Waals surface area contributed by atoms with E-state index in [4.69, 9.17) is 0 Å². The molecular formula is C21H29N3O3. The lowest BCUT2D eigenvalue weighted by molar-refractivity contribution is -0.136. The van der Waals surface area contributed by atoms with E-state index in [9.17, 15) is 14.4 Å². The summed E-state index contributed by atoms with van der Waals surface area (Å²) in [5.74, 6) is 0.0408. The van der Waals surface area contributed by atoms with Crippen LogP contribution in [-0.4, -0.2) is 34.8 Å². The van der Waals surface area contributed by atoms with Crippen LogP contribution in [0.5, 0.6) is 0 Å². The molecule has 1 heterocycles. The zero-order chi connectivity index (χ0) is 19.6. The predicted molar refractivity (Wildman–Crippen MR) is 103 cm³/mol.